The van der Waals surface area contributed by atoms with Crippen LogP contribution in [0.15, 0.2) is 10.5 Å². The highest BCUT2D eigenvalue weighted by molar-refractivity contribution is 7.80. The summed E-state index contributed by atoms with van der Waals surface area (Å²) < 4.78 is 34.6. The highest BCUT2D eigenvalue weighted by Crippen LogP contribution is 2.32. The molecular weight excluding hydrogens is 436 g/mol. The lowest BCUT2D eigenvalue weighted by Gasteiger charge is -2.50. The van der Waals surface area contributed by atoms with Crippen molar-refractivity contribution in [3.63, 3.8) is 0 Å². The van der Waals surface area contributed by atoms with Crippen LogP contribution in [0, 0.1) is 0 Å². The number of nitrogen functional groups attached to an aromatic ring is 1. The number of nitrogens with two attached hydrogens (primary N) is 1. The normalized spacial score (nSPS) is 18.8. The van der Waals surface area contributed by atoms with Gasteiger partial charge in [0.15, 0.2) is 17.5 Å². The largest absolute Gasteiger partial charge is 0.418 e. The van der Waals surface area contributed by atoms with E-state index >= 15 is 0 Å². The minimum absolute atomic E-state index is 0.0231. The molecule has 1 fully saturated rings. The van der Waals surface area contributed by atoms with E-state index in [-0.39, 0.29) is 10.8 Å². The molecule has 1 aromatic heterocycles. The smallest absolute Gasteiger partial charge is 0.385 e. The summed E-state index contributed by atoms with van der Waals surface area (Å²) in [6.45, 7) is 2.01. The van der Waals surface area contributed by atoms with Crippen molar-refractivity contribution < 1.29 is 41.7 Å². The number of β-lactam (4-membered cyclic amide) rings is 1. The molecule has 2 rings (SSSR count). The third-order valence-corrected chi connectivity index (χ3v) is 4.59. The van der Waals surface area contributed by atoms with Crippen molar-refractivity contribution in [2.24, 2.45) is 5.16 Å². The number of hydrogen-bond donors (Lipinski definition) is 5. The second-order valence-electron chi connectivity index (χ2n) is 6.01. The second kappa shape index (κ2) is 8.25. The van der Waals surface area contributed by atoms with E-state index in [9.17, 15) is 22.8 Å². The van der Waals surface area contributed by atoms with Gasteiger partial charge in [0, 0.05) is 5.38 Å². The maximum atomic E-state index is 12.6. The van der Waals surface area contributed by atoms with E-state index in [4.69, 9.17) is 15.5 Å². The molecule has 160 valence electrons. The monoisotopic (exact) mass is 452 g/mol. The molecule has 0 radical (unpaired) electrons. The summed E-state index contributed by atoms with van der Waals surface area (Å²) in [4.78, 5) is 44.3. The van der Waals surface area contributed by atoms with Crippen LogP contribution in [-0.4, -0.2) is 69.8 Å². The molecule has 29 heavy (non-hydrogen) atoms. The molecule has 0 spiro atoms. The fraction of sp³-hybridized carbons (Fsp3) is 0.417. The predicted molar refractivity (Wildman–Crippen MR) is 94.4 cm³/mol. The number of oxime groups is 1. The van der Waals surface area contributed by atoms with Gasteiger partial charge in [-0.15, -0.1) is 15.6 Å². The first kappa shape index (κ1) is 22.4. The molecule has 1 aromatic rings. The van der Waals surface area contributed by atoms with E-state index in [0.717, 1.165) is 11.3 Å². The molecule has 0 aliphatic carbocycles. The Labute approximate surface area is 167 Å². The number of aromatic nitrogens is 1. The highest BCUT2D eigenvalue weighted by atomic mass is 32.3. The molecule has 1 aliphatic rings. The zero-order valence-electron chi connectivity index (χ0n) is 14.8. The van der Waals surface area contributed by atoms with Gasteiger partial charge >= 0.3 is 10.4 Å². The lowest BCUT2D eigenvalue weighted by atomic mass is 9.84. The van der Waals surface area contributed by atoms with Crippen LogP contribution in [0.4, 0.5) is 5.13 Å². The molecule has 3 amide bonds. The summed E-state index contributed by atoms with van der Waals surface area (Å²) in [6.07, 6.45) is 0. The zero-order valence-corrected chi connectivity index (χ0v) is 16.5. The van der Waals surface area contributed by atoms with Crippen molar-refractivity contribution in [1.29, 1.82) is 0 Å². The molecule has 15 nitrogen and oxygen atoms in total. The number of rotatable bonds is 8. The summed E-state index contributed by atoms with van der Waals surface area (Å²) in [5.41, 5.74) is 5.00. The number of hydroxylamine groups is 3. The Morgan fingerprint density at radius 1 is 1.48 bits per heavy atom. The SMILES string of the molecule is CC1(C)[C@H](NC(=O)C(=NOCC(=O)NO)c2csc(N)n2)C(=O)N1OS(=O)(=O)O. The van der Waals surface area contributed by atoms with Gasteiger partial charge in [0.05, 0.1) is 5.54 Å². The van der Waals surface area contributed by atoms with Crippen LogP contribution in [0.2, 0.25) is 0 Å². The van der Waals surface area contributed by atoms with Crippen molar-refractivity contribution in [1.82, 2.24) is 20.8 Å². The minimum Gasteiger partial charge on any atom is -0.385 e. The van der Waals surface area contributed by atoms with E-state index in [1.54, 1.807) is 0 Å². The Morgan fingerprint density at radius 2 is 2.14 bits per heavy atom. The standard InChI is InChI=1S/C12H16N6O9S2/c1-12(2)8(10(21)18(12)27-29(23,24)25)15-9(20)7(5-4-28-11(13)14-5)17-26-3-6(19)16-22/h4,8,22H,3H2,1-2H3,(H2,13,14)(H,15,20)(H,16,19)(H,23,24,25)/t8-/m1/s1. The molecule has 0 bridgehead atoms. The van der Waals surface area contributed by atoms with Crippen LogP contribution in [0.5, 0.6) is 0 Å². The first-order chi connectivity index (χ1) is 13.4. The molecule has 1 saturated heterocycles. The Morgan fingerprint density at radius 3 is 2.62 bits per heavy atom. The van der Waals surface area contributed by atoms with Crippen molar-refractivity contribution in [2.45, 2.75) is 25.4 Å². The molecule has 1 atom stereocenters. The molecule has 0 saturated carbocycles. The second-order valence-corrected chi connectivity index (χ2v) is 7.91. The Bertz CT molecular complexity index is 957. The van der Waals surface area contributed by atoms with Crippen LogP contribution in [0.3, 0.4) is 0 Å². The Kier molecular flexibility index (Phi) is 6.38. The van der Waals surface area contributed by atoms with Crippen LogP contribution in [0.25, 0.3) is 0 Å². The first-order valence-electron chi connectivity index (χ1n) is 7.53. The van der Waals surface area contributed by atoms with Crippen LogP contribution in [-0.2, 0) is 33.9 Å². The fourth-order valence-corrected chi connectivity index (χ4v) is 3.21. The van der Waals surface area contributed by atoms with E-state index in [2.05, 4.69) is 24.6 Å². The molecule has 0 unspecified atom stereocenters. The van der Waals surface area contributed by atoms with Gasteiger partial charge in [-0.05, 0) is 13.8 Å². The highest BCUT2D eigenvalue weighted by Gasteiger charge is 2.58. The lowest BCUT2D eigenvalue weighted by molar-refractivity contribution is -0.218. The Hall–Kier alpha value is -2.86. The average Bonchev–Trinajstić information content (AvgIpc) is 3.05. The summed E-state index contributed by atoms with van der Waals surface area (Å²) >= 11 is 0.981. The lowest BCUT2D eigenvalue weighted by Crippen LogP contribution is -2.76. The predicted octanol–water partition coefficient (Wildman–Crippen LogP) is -2.21. The molecule has 6 N–H and O–H groups in total. The number of thiazole rings is 1. The third kappa shape index (κ3) is 5.15. The zero-order chi connectivity index (χ0) is 22.0. The number of carbonyl (C=O) groups is 3. The van der Waals surface area contributed by atoms with E-state index in [1.807, 2.05) is 0 Å². The van der Waals surface area contributed by atoms with Crippen molar-refractivity contribution in [3.8, 4) is 0 Å². The van der Waals surface area contributed by atoms with Crippen molar-refractivity contribution in [3.05, 3.63) is 11.1 Å². The van der Waals surface area contributed by atoms with Crippen LogP contribution >= 0.6 is 11.3 Å². The summed E-state index contributed by atoms with van der Waals surface area (Å²) in [5.74, 6) is -2.86. The van der Waals surface area contributed by atoms with Gasteiger partial charge in [-0.25, -0.2) is 10.5 Å². The van der Waals surface area contributed by atoms with Gasteiger partial charge in [-0.2, -0.15) is 13.5 Å². The maximum Gasteiger partial charge on any atom is 0.418 e. The fourth-order valence-electron chi connectivity index (χ4n) is 2.21. The molecule has 1 aliphatic heterocycles. The van der Waals surface area contributed by atoms with E-state index in [1.165, 1.54) is 24.7 Å². The molecule has 2 heterocycles. The van der Waals surface area contributed by atoms with Gasteiger partial charge in [0.1, 0.15) is 11.7 Å². The topological polar surface area (TPSA) is 223 Å². The van der Waals surface area contributed by atoms with Gasteiger partial charge in [0.25, 0.3) is 17.7 Å². The van der Waals surface area contributed by atoms with E-state index in [0.29, 0.717) is 5.06 Å². The quantitative estimate of drug-likeness (QED) is 0.0934. The van der Waals surface area contributed by atoms with Gasteiger partial charge < -0.3 is 15.9 Å². The minimum atomic E-state index is -4.95. The van der Waals surface area contributed by atoms with Crippen LogP contribution < -0.4 is 16.5 Å². The average molecular weight is 452 g/mol. The van der Waals surface area contributed by atoms with Crippen molar-refractivity contribution in [2.75, 3.05) is 12.3 Å². The number of amides is 3. The number of nitrogens with zero attached hydrogens (tertiary/aromatic N) is 3. The Balaban J connectivity index is 2.18. The summed E-state index contributed by atoms with van der Waals surface area (Å²) in [7, 11) is -4.95. The van der Waals surface area contributed by atoms with Gasteiger partial charge in [-0.3, -0.25) is 24.1 Å². The summed E-state index contributed by atoms with van der Waals surface area (Å²) in [5, 5.41) is 16.1. The molecule has 0 aromatic carbocycles. The molecular formula is C12H16N6O9S2. The van der Waals surface area contributed by atoms with Crippen molar-refractivity contribution >= 4 is 50.3 Å². The number of anilines is 1. The maximum absolute atomic E-state index is 12.6. The number of nitrogens with one attached hydrogen (secondary N) is 2. The van der Waals surface area contributed by atoms with Crippen LogP contribution in [0.1, 0.15) is 19.5 Å². The number of hydrogen-bond acceptors (Lipinski definition) is 12. The number of carbonyl (C=O) groups excluding carboxylic acids is 3. The summed E-state index contributed by atoms with van der Waals surface area (Å²) in [6, 6.07) is -1.25. The first-order valence-corrected chi connectivity index (χ1v) is 9.77. The van der Waals surface area contributed by atoms with E-state index < -0.39 is 52.0 Å². The van der Waals surface area contributed by atoms with Gasteiger partial charge in [0.2, 0.25) is 0 Å². The van der Waals surface area contributed by atoms with Gasteiger partial charge in [-0.1, -0.05) is 5.16 Å². The molecule has 17 heteroatoms. The third-order valence-electron chi connectivity index (χ3n) is 3.58.